The SMILES string of the molecule is COc1ccc(C2CN(C(=O)C3CC3)CCS2)cc1. The molecule has 2 aliphatic rings. The standard InChI is InChI=1S/C15H19NO2S/c1-18-13-6-4-11(5-7-13)14-10-16(8-9-19-14)15(17)12-2-3-12/h4-7,12,14H,2-3,8-10H2,1H3. The van der Waals surface area contributed by atoms with Crippen LogP contribution in [0.1, 0.15) is 23.7 Å². The zero-order valence-corrected chi connectivity index (χ0v) is 12.0. The molecule has 1 heterocycles. The lowest BCUT2D eigenvalue weighted by Crippen LogP contribution is -2.40. The first-order valence-electron chi connectivity index (χ1n) is 6.82. The predicted molar refractivity (Wildman–Crippen MR) is 77.5 cm³/mol. The van der Waals surface area contributed by atoms with Crippen LogP contribution >= 0.6 is 11.8 Å². The number of hydrogen-bond acceptors (Lipinski definition) is 3. The molecule has 0 aromatic heterocycles. The lowest BCUT2D eigenvalue weighted by Gasteiger charge is -2.32. The van der Waals surface area contributed by atoms with Crippen LogP contribution in [0.5, 0.6) is 5.75 Å². The molecule has 1 unspecified atom stereocenters. The van der Waals surface area contributed by atoms with E-state index in [-0.39, 0.29) is 0 Å². The van der Waals surface area contributed by atoms with E-state index < -0.39 is 0 Å². The minimum absolute atomic E-state index is 0.333. The lowest BCUT2D eigenvalue weighted by atomic mass is 10.1. The summed E-state index contributed by atoms with van der Waals surface area (Å²) in [6.45, 7) is 1.76. The first kappa shape index (κ1) is 12.9. The van der Waals surface area contributed by atoms with E-state index in [0.29, 0.717) is 17.1 Å². The van der Waals surface area contributed by atoms with E-state index in [9.17, 15) is 4.79 Å². The van der Waals surface area contributed by atoms with Gasteiger partial charge in [0.05, 0.1) is 7.11 Å². The largest absolute Gasteiger partial charge is 0.497 e. The molecule has 0 spiro atoms. The quantitative estimate of drug-likeness (QED) is 0.851. The second-order valence-corrected chi connectivity index (χ2v) is 6.50. The normalized spacial score (nSPS) is 23.2. The molecule has 1 amide bonds. The molecule has 1 aliphatic carbocycles. The zero-order chi connectivity index (χ0) is 13.2. The molecule has 1 aromatic carbocycles. The lowest BCUT2D eigenvalue weighted by molar-refractivity contribution is -0.132. The molecule has 4 heteroatoms. The van der Waals surface area contributed by atoms with Gasteiger partial charge in [0.1, 0.15) is 5.75 Å². The highest BCUT2D eigenvalue weighted by molar-refractivity contribution is 7.99. The Hall–Kier alpha value is -1.16. The average molecular weight is 277 g/mol. The van der Waals surface area contributed by atoms with Crippen molar-refractivity contribution in [2.45, 2.75) is 18.1 Å². The molecule has 3 rings (SSSR count). The van der Waals surface area contributed by atoms with Crippen molar-refractivity contribution < 1.29 is 9.53 Å². The molecule has 0 radical (unpaired) electrons. The number of ether oxygens (including phenoxy) is 1. The first-order chi connectivity index (χ1) is 9.28. The summed E-state index contributed by atoms with van der Waals surface area (Å²) in [4.78, 5) is 14.2. The number of thioether (sulfide) groups is 1. The Bertz CT molecular complexity index is 456. The molecule has 1 aliphatic heterocycles. The fourth-order valence-corrected chi connectivity index (χ4v) is 3.70. The first-order valence-corrected chi connectivity index (χ1v) is 7.87. The van der Waals surface area contributed by atoms with Gasteiger partial charge in [-0.15, -0.1) is 0 Å². The van der Waals surface area contributed by atoms with Gasteiger partial charge in [0.15, 0.2) is 0 Å². The summed E-state index contributed by atoms with van der Waals surface area (Å²) in [6, 6.07) is 8.22. The molecule has 1 atom stereocenters. The van der Waals surface area contributed by atoms with E-state index >= 15 is 0 Å². The number of carbonyl (C=O) groups excluding carboxylic acids is 1. The Morgan fingerprint density at radius 3 is 2.68 bits per heavy atom. The van der Waals surface area contributed by atoms with Crippen LogP contribution in [0.25, 0.3) is 0 Å². The average Bonchev–Trinajstić information content (AvgIpc) is 3.31. The Labute approximate surface area is 118 Å². The Kier molecular flexibility index (Phi) is 3.69. The summed E-state index contributed by atoms with van der Waals surface area (Å²) >= 11 is 1.95. The number of nitrogens with zero attached hydrogens (tertiary/aromatic N) is 1. The highest BCUT2D eigenvalue weighted by Crippen LogP contribution is 2.37. The van der Waals surface area contributed by atoms with Crippen molar-refractivity contribution in [1.29, 1.82) is 0 Å². The maximum atomic E-state index is 12.1. The van der Waals surface area contributed by atoms with Gasteiger partial charge in [-0.05, 0) is 30.5 Å². The van der Waals surface area contributed by atoms with Gasteiger partial charge >= 0.3 is 0 Å². The van der Waals surface area contributed by atoms with Crippen molar-refractivity contribution in [3.63, 3.8) is 0 Å². The Morgan fingerprint density at radius 1 is 1.32 bits per heavy atom. The van der Waals surface area contributed by atoms with Crippen LogP contribution in [-0.4, -0.2) is 36.8 Å². The van der Waals surface area contributed by atoms with Gasteiger partial charge < -0.3 is 9.64 Å². The molecular weight excluding hydrogens is 258 g/mol. The highest BCUT2D eigenvalue weighted by atomic mass is 32.2. The number of hydrogen-bond donors (Lipinski definition) is 0. The van der Waals surface area contributed by atoms with Crippen molar-refractivity contribution in [1.82, 2.24) is 4.90 Å². The highest BCUT2D eigenvalue weighted by Gasteiger charge is 2.35. The number of rotatable bonds is 3. The Morgan fingerprint density at radius 2 is 2.05 bits per heavy atom. The number of benzene rings is 1. The van der Waals surface area contributed by atoms with Gasteiger partial charge in [-0.2, -0.15) is 11.8 Å². The molecule has 1 saturated heterocycles. The van der Waals surface area contributed by atoms with E-state index in [2.05, 4.69) is 17.0 Å². The van der Waals surface area contributed by atoms with E-state index in [1.165, 1.54) is 5.56 Å². The summed E-state index contributed by atoms with van der Waals surface area (Å²) < 4.78 is 5.18. The zero-order valence-electron chi connectivity index (χ0n) is 11.2. The maximum Gasteiger partial charge on any atom is 0.225 e. The number of carbonyl (C=O) groups is 1. The summed E-state index contributed by atoms with van der Waals surface area (Å²) in [5, 5.41) is 0.405. The third-order valence-electron chi connectivity index (χ3n) is 3.79. The van der Waals surface area contributed by atoms with Crippen molar-refractivity contribution in [3.8, 4) is 5.75 Å². The van der Waals surface area contributed by atoms with Gasteiger partial charge in [0, 0.05) is 30.0 Å². The predicted octanol–water partition coefficient (Wildman–Crippen LogP) is 2.72. The third kappa shape index (κ3) is 2.89. The van der Waals surface area contributed by atoms with E-state index in [0.717, 1.165) is 37.4 Å². The summed E-state index contributed by atoms with van der Waals surface area (Å²) in [5.74, 6) is 2.63. The van der Waals surface area contributed by atoms with Crippen LogP contribution in [0.15, 0.2) is 24.3 Å². The molecular formula is C15H19NO2S. The summed E-state index contributed by atoms with van der Waals surface area (Å²) in [7, 11) is 1.68. The van der Waals surface area contributed by atoms with Crippen LogP contribution in [0, 0.1) is 5.92 Å². The molecule has 1 aromatic rings. The van der Waals surface area contributed by atoms with E-state index in [4.69, 9.17) is 4.74 Å². The van der Waals surface area contributed by atoms with Crippen molar-refractivity contribution in [2.75, 3.05) is 26.0 Å². The summed E-state index contributed by atoms with van der Waals surface area (Å²) in [5.41, 5.74) is 1.29. The Balaban J connectivity index is 1.67. The van der Waals surface area contributed by atoms with Crippen molar-refractivity contribution in [2.24, 2.45) is 5.92 Å². The van der Waals surface area contributed by atoms with Gasteiger partial charge in [0.2, 0.25) is 5.91 Å². The van der Waals surface area contributed by atoms with Gasteiger partial charge in [0.25, 0.3) is 0 Å². The fourth-order valence-electron chi connectivity index (χ4n) is 2.46. The smallest absolute Gasteiger partial charge is 0.225 e. The van der Waals surface area contributed by atoms with Crippen LogP contribution < -0.4 is 4.74 Å². The molecule has 3 nitrogen and oxygen atoms in total. The monoisotopic (exact) mass is 277 g/mol. The van der Waals surface area contributed by atoms with Crippen LogP contribution in [0.4, 0.5) is 0 Å². The molecule has 2 fully saturated rings. The van der Waals surface area contributed by atoms with Crippen LogP contribution in [-0.2, 0) is 4.79 Å². The van der Waals surface area contributed by atoms with Crippen LogP contribution in [0.3, 0.4) is 0 Å². The fraction of sp³-hybridized carbons (Fsp3) is 0.533. The minimum atomic E-state index is 0.333. The molecule has 0 bridgehead atoms. The second kappa shape index (κ2) is 5.45. The third-order valence-corrected chi connectivity index (χ3v) is 5.03. The molecule has 0 N–H and O–H groups in total. The van der Waals surface area contributed by atoms with E-state index in [1.807, 2.05) is 23.9 Å². The number of amides is 1. The van der Waals surface area contributed by atoms with Gasteiger partial charge in [-0.1, -0.05) is 12.1 Å². The molecule has 102 valence electrons. The number of methoxy groups -OCH3 is 1. The molecule has 19 heavy (non-hydrogen) atoms. The summed E-state index contributed by atoms with van der Waals surface area (Å²) in [6.07, 6.45) is 2.19. The van der Waals surface area contributed by atoms with Gasteiger partial charge in [-0.25, -0.2) is 0 Å². The van der Waals surface area contributed by atoms with Crippen molar-refractivity contribution >= 4 is 17.7 Å². The second-order valence-electron chi connectivity index (χ2n) is 5.19. The topological polar surface area (TPSA) is 29.5 Å². The minimum Gasteiger partial charge on any atom is -0.497 e. The van der Waals surface area contributed by atoms with Gasteiger partial charge in [-0.3, -0.25) is 4.79 Å². The molecule has 1 saturated carbocycles. The maximum absolute atomic E-state index is 12.1. The van der Waals surface area contributed by atoms with Crippen molar-refractivity contribution in [3.05, 3.63) is 29.8 Å². The van der Waals surface area contributed by atoms with Crippen LogP contribution in [0.2, 0.25) is 0 Å². The van der Waals surface area contributed by atoms with E-state index in [1.54, 1.807) is 7.11 Å².